The molecule has 0 amide bonds. The van der Waals surface area contributed by atoms with Crippen LogP contribution in [0.15, 0.2) is 36.5 Å². The van der Waals surface area contributed by atoms with E-state index in [4.69, 9.17) is 10.1 Å². The number of nitrogens with one attached hydrogen (secondary N) is 1. The van der Waals surface area contributed by atoms with Crippen LogP contribution < -0.4 is 5.32 Å². The third kappa shape index (κ3) is 2.86. The zero-order valence-electron chi connectivity index (χ0n) is 14.2. The third-order valence-corrected chi connectivity index (χ3v) is 4.70. The minimum absolute atomic E-state index is 0.405. The fourth-order valence-electron chi connectivity index (χ4n) is 3.33. The van der Waals surface area contributed by atoms with Crippen molar-refractivity contribution in [3.63, 3.8) is 0 Å². The first-order chi connectivity index (χ1) is 11.7. The summed E-state index contributed by atoms with van der Waals surface area (Å²) in [5, 5.41) is 8.23. The summed E-state index contributed by atoms with van der Waals surface area (Å²) in [7, 11) is 0. The maximum atomic E-state index is 4.76. The lowest BCUT2D eigenvalue weighted by molar-refractivity contribution is 0.744. The lowest BCUT2D eigenvalue weighted by Crippen LogP contribution is -2.16. The monoisotopic (exact) mass is 321 g/mol. The quantitative estimate of drug-likeness (QED) is 0.779. The molecular formula is C19H23N5. The molecule has 0 saturated heterocycles. The number of pyridine rings is 1. The molecule has 0 bridgehead atoms. The minimum atomic E-state index is 0.405. The first kappa shape index (κ1) is 15.1. The molecule has 0 spiro atoms. The van der Waals surface area contributed by atoms with Gasteiger partial charge < -0.3 is 5.32 Å². The van der Waals surface area contributed by atoms with Gasteiger partial charge in [-0.25, -0.2) is 14.5 Å². The fourth-order valence-corrected chi connectivity index (χ4v) is 3.33. The van der Waals surface area contributed by atoms with E-state index in [9.17, 15) is 0 Å². The molecule has 1 fully saturated rings. The highest BCUT2D eigenvalue weighted by Crippen LogP contribution is 2.24. The second-order valence-electron chi connectivity index (χ2n) is 6.86. The van der Waals surface area contributed by atoms with Crippen LogP contribution in [-0.4, -0.2) is 25.6 Å². The molecule has 3 aromatic heterocycles. The van der Waals surface area contributed by atoms with Crippen LogP contribution in [0, 0.1) is 0 Å². The molecule has 1 aliphatic carbocycles. The highest BCUT2D eigenvalue weighted by Gasteiger charge is 2.16. The van der Waals surface area contributed by atoms with Gasteiger partial charge in [-0.2, -0.15) is 5.10 Å². The third-order valence-electron chi connectivity index (χ3n) is 4.70. The van der Waals surface area contributed by atoms with Gasteiger partial charge in [0.25, 0.3) is 0 Å². The van der Waals surface area contributed by atoms with Gasteiger partial charge in [0.1, 0.15) is 0 Å². The Bertz CT molecular complexity index is 846. The summed E-state index contributed by atoms with van der Waals surface area (Å²) in [4.78, 5) is 9.12. The second-order valence-corrected chi connectivity index (χ2v) is 6.86. The van der Waals surface area contributed by atoms with Crippen molar-refractivity contribution in [1.82, 2.24) is 19.6 Å². The van der Waals surface area contributed by atoms with E-state index in [0.717, 1.165) is 22.6 Å². The van der Waals surface area contributed by atoms with Crippen molar-refractivity contribution in [3.05, 3.63) is 42.2 Å². The van der Waals surface area contributed by atoms with Crippen molar-refractivity contribution in [2.75, 3.05) is 5.32 Å². The lowest BCUT2D eigenvalue weighted by Gasteiger charge is -2.12. The highest BCUT2D eigenvalue weighted by molar-refractivity contribution is 5.62. The van der Waals surface area contributed by atoms with Crippen LogP contribution in [0.2, 0.25) is 0 Å². The summed E-state index contributed by atoms with van der Waals surface area (Å²) >= 11 is 0. The molecule has 4 rings (SSSR count). The molecule has 24 heavy (non-hydrogen) atoms. The summed E-state index contributed by atoms with van der Waals surface area (Å²) in [5.74, 6) is 1.12. The van der Waals surface area contributed by atoms with E-state index in [1.54, 1.807) is 0 Å². The number of hydrogen-bond acceptors (Lipinski definition) is 4. The molecule has 0 unspecified atom stereocenters. The Morgan fingerprint density at radius 3 is 2.79 bits per heavy atom. The van der Waals surface area contributed by atoms with Crippen LogP contribution in [0.1, 0.15) is 51.1 Å². The topological polar surface area (TPSA) is 55.1 Å². The van der Waals surface area contributed by atoms with Gasteiger partial charge in [-0.3, -0.25) is 0 Å². The fraction of sp³-hybridized carbons (Fsp3) is 0.421. The first-order valence-electron chi connectivity index (χ1n) is 8.79. The average molecular weight is 321 g/mol. The first-order valence-corrected chi connectivity index (χ1v) is 8.79. The van der Waals surface area contributed by atoms with E-state index in [-0.39, 0.29) is 0 Å². The van der Waals surface area contributed by atoms with Crippen LogP contribution in [0.25, 0.3) is 16.9 Å². The largest absolute Gasteiger partial charge is 0.351 e. The van der Waals surface area contributed by atoms with Crippen molar-refractivity contribution >= 4 is 11.5 Å². The SMILES string of the molecule is CC(C)c1cc2cccc(-c3ccnc(NC4CCCC4)n3)n2n1. The van der Waals surface area contributed by atoms with Crippen molar-refractivity contribution < 1.29 is 0 Å². The van der Waals surface area contributed by atoms with E-state index in [0.29, 0.717) is 17.9 Å². The Morgan fingerprint density at radius 1 is 1.17 bits per heavy atom. The van der Waals surface area contributed by atoms with Gasteiger partial charge in [-0.1, -0.05) is 32.8 Å². The lowest BCUT2D eigenvalue weighted by atomic mass is 10.1. The zero-order chi connectivity index (χ0) is 16.5. The molecule has 0 atom stereocenters. The number of rotatable bonds is 4. The number of nitrogens with zero attached hydrogens (tertiary/aromatic N) is 4. The second kappa shape index (κ2) is 6.23. The van der Waals surface area contributed by atoms with Crippen molar-refractivity contribution in [3.8, 4) is 11.4 Å². The summed E-state index contributed by atoms with van der Waals surface area (Å²) in [5.41, 5.74) is 4.09. The number of anilines is 1. The maximum Gasteiger partial charge on any atom is 0.223 e. The smallest absolute Gasteiger partial charge is 0.223 e. The highest BCUT2D eigenvalue weighted by atomic mass is 15.2. The van der Waals surface area contributed by atoms with Crippen LogP contribution in [0.5, 0.6) is 0 Å². The molecule has 0 aliphatic heterocycles. The molecule has 3 aromatic rings. The Morgan fingerprint density at radius 2 is 2.00 bits per heavy atom. The molecular weight excluding hydrogens is 298 g/mol. The Balaban J connectivity index is 1.71. The van der Waals surface area contributed by atoms with Gasteiger partial charge in [0.15, 0.2) is 0 Å². The maximum absolute atomic E-state index is 4.76. The molecule has 3 heterocycles. The van der Waals surface area contributed by atoms with E-state index in [2.05, 4.69) is 48.4 Å². The molecule has 124 valence electrons. The van der Waals surface area contributed by atoms with Crippen molar-refractivity contribution in [2.45, 2.75) is 51.5 Å². The van der Waals surface area contributed by atoms with Gasteiger partial charge in [0.2, 0.25) is 5.95 Å². The summed E-state index contributed by atoms with van der Waals surface area (Å²) in [6, 6.07) is 10.8. The predicted octanol–water partition coefficient (Wildman–Crippen LogP) is 4.27. The number of fused-ring (bicyclic) bond motifs is 1. The predicted molar refractivity (Wildman–Crippen MR) is 96.2 cm³/mol. The Kier molecular flexibility index (Phi) is 3.92. The molecule has 1 saturated carbocycles. The molecule has 0 aromatic carbocycles. The van der Waals surface area contributed by atoms with Crippen LogP contribution in [0.4, 0.5) is 5.95 Å². The van der Waals surface area contributed by atoms with Crippen molar-refractivity contribution in [1.29, 1.82) is 0 Å². The van der Waals surface area contributed by atoms with E-state index in [1.165, 1.54) is 25.7 Å². The van der Waals surface area contributed by atoms with E-state index >= 15 is 0 Å². The van der Waals surface area contributed by atoms with Gasteiger partial charge in [-0.05, 0) is 43.0 Å². The normalized spacial score (nSPS) is 15.5. The van der Waals surface area contributed by atoms with Crippen LogP contribution >= 0.6 is 0 Å². The van der Waals surface area contributed by atoms with E-state index < -0.39 is 0 Å². The minimum Gasteiger partial charge on any atom is -0.351 e. The van der Waals surface area contributed by atoms with Gasteiger partial charge >= 0.3 is 0 Å². The van der Waals surface area contributed by atoms with Crippen LogP contribution in [0.3, 0.4) is 0 Å². The molecule has 5 heteroatoms. The molecule has 5 nitrogen and oxygen atoms in total. The Labute approximate surface area is 142 Å². The summed E-state index contributed by atoms with van der Waals surface area (Å²) in [6.07, 6.45) is 6.83. The van der Waals surface area contributed by atoms with Crippen molar-refractivity contribution in [2.24, 2.45) is 0 Å². The van der Waals surface area contributed by atoms with E-state index in [1.807, 2.05) is 16.8 Å². The molecule has 1 aliphatic rings. The summed E-state index contributed by atoms with van der Waals surface area (Å²) in [6.45, 7) is 4.32. The van der Waals surface area contributed by atoms with Gasteiger partial charge in [-0.15, -0.1) is 0 Å². The molecule has 0 radical (unpaired) electrons. The number of aromatic nitrogens is 4. The Hall–Kier alpha value is -2.43. The van der Waals surface area contributed by atoms with Crippen LogP contribution in [-0.2, 0) is 0 Å². The standard InChI is InChI=1S/C19H23N5/c1-13(2)17-12-15-8-5-9-18(24(15)23-17)16-10-11-20-19(22-16)21-14-6-3-4-7-14/h5,8-14H,3-4,6-7H2,1-2H3,(H,20,21,22). The summed E-state index contributed by atoms with van der Waals surface area (Å²) < 4.78 is 1.98. The van der Waals surface area contributed by atoms with Gasteiger partial charge in [0.05, 0.1) is 22.6 Å². The van der Waals surface area contributed by atoms with Gasteiger partial charge in [0, 0.05) is 12.2 Å². The average Bonchev–Trinajstić information content (AvgIpc) is 3.23. The number of hydrogen-bond donors (Lipinski definition) is 1. The zero-order valence-corrected chi connectivity index (χ0v) is 14.2. The molecule has 1 N–H and O–H groups in total.